The molecule has 1 aromatic carbocycles. The number of hydrogen-bond acceptors (Lipinski definition) is 6. The fraction of sp³-hybridized carbons (Fsp3) is 0.214. The van der Waals surface area contributed by atoms with E-state index >= 15 is 0 Å². The van der Waals surface area contributed by atoms with Crippen LogP contribution in [-0.4, -0.2) is 17.5 Å². The van der Waals surface area contributed by atoms with E-state index in [2.05, 4.69) is 10.3 Å². The molecule has 0 fully saturated rings. The number of nitrogens with zero attached hydrogens (tertiary/aromatic N) is 2. The van der Waals surface area contributed by atoms with Crippen LogP contribution >= 0.6 is 11.3 Å². The molecule has 1 atom stereocenters. The highest BCUT2D eigenvalue weighted by Gasteiger charge is 2.12. The Kier molecular flexibility index (Phi) is 4.87. The van der Waals surface area contributed by atoms with E-state index in [4.69, 9.17) is 15.7 Å². The molecule has 0 spiro atoms. The molecule has 3 N–H and O–H groups in total. The zero-order valence-electron chi connectivity index (χ0n) is 11.4. The van der Waals surface area contributed by atoms with Gasteiger partial charge in [0.2, 0.25) is 0 Å². The summed E-state index contributed by atoms with van der Waals surface area (Å²) in [4.78, 5) is 16.2. The first-order chi connectivity index (χ1) is 10.1. The maximum absolute atomic E-state index is 12.0. The first-order valence-electron chi connectivity index (χ1n) is 6.22. The number of carbonyl (C=O) groups excluding carboxylic acids is 1. The van der Waals surface area contributed by atoms with Crippen LogP contribution in [0.1, 0.15) is 28.5 Å². The normalized spacial score (nSPS) is 11.5. The number of nitrogens with one attached hydrogen (secondary N) is 1. The summed E-state index contributed by atoms with van der Waals surface area (Å²) in [7, 11) is 0. The van der Waals surface area contributed by atoms with Gasteiger partial charge in [0, 0.05) is 11.1 Å². The second-order valence-electron chi connectivity index (χ2n) is 4.28. The molecule has 2 aromatic rings. The van der Waals surface area contributed by atoms with Gasteiger partial charge in [-0.3, -0.25) is 4.79 Å². The summed E-state index contributed by atoms with van der Waals surface area (Å²) in [5, 5.41) is 13.6. The number of amides is 1. The fourth-order valence-corrected chi connectivity index (χ4v) is 2.30. The van der Waals surface area contributed by atoms with Crippen LogP contribution in [-0.2, 0) is 0 Å². The Bertz CT molecular complexity index is 658. The molecule has 0 aliphatic heterocycles. The number of benzene rings is 1. The van der Waals surface area contributed by atoms with Crippen LogP contribution in [0, 0.1) is 11.3 Å². The Morgan fingerprint density at radius 2 is 2.24 bits per heavy atom. The highest BCUT2D eigenvalue weighted by atomic mass is 32.1. The Labute approximate surface area is 126 Å². The van der Waals surface area contributed by atoms with Gasteiger partial charge in [0.25, 0.3) is 5.91 Å². The van der Waals surface area contributed by atoms with Crippen LogP contribution in [0.15, 0.2) is 29.6 Å². The van der Waals surface area contributed by atoms with E-state index in [1.165, 1.54) is 11.3 Å². The lowest BCUT2D eigenvalue weighted by Gasteiger charge is -2.05. The molecule has 1 unspecified atom stereocenters. The van der Waals surface area contributed by atoms with Gasteiger partial charge in [0.1, 0.15) is 22.5 Å². The van der Waals surface area contributed by atoms with E-state index < -0.39 is 0 Å². The number of nitrogens with two attached hydrogens (primary N) is 1. The summed E-state index contributed by atoms with van der Waals surface area (Å²) in [6, 6.07) is 8.46. The molecular weight excluding hydrogens is 288 g/mol. The summed E-state index contributed by atoms with van der Waals surface area (Å²) < 4.78 is 5.13. The molecule has 0 saturated heterocycles. The van der Waals surface area contributed by atoms with Gasteiger partial charge in [-0.2, -0.15) is 5.26 Å². The highest BCUT2D eigenvalue weighted by molar-refractivity contribution is 7.09. The van der Waals surface area contributed by atoms with Crippen molar-refractivity contribution < 1.29 is 9.53 Å². The molecular formula is C14H14N4O2S. The highest BCUT2D eigenvalue weighted by Crippen LogP contribution is 2.19. The van der Waals surface area contributed by atoms with Crippen molar-refractivity contribution in [1.82, 2.24) is 4.98 Å². The molecule has 0 aliphatic carbocycles. The number of hydrogen-bond donors (Lipinski definition) is 2. The van der Waals surface area contributed by atoms with Crippen LogP contribution in [0.4, 0.5) is 5.69 Å². The number of carbonyl (C=O) groups is 1. The van der Waals surface area contributed by atoms with E-state index in [0.717, 1.165) is 5.01 Å². The van der Waals surface area contributed by atoms with Crippen molar-refractivity contribution in [3.8, 4) is 11.8 Å². The van der Waals surface area contributed by atoms with Crippen molar-refractivity contribution in [2.45, 2.75) is 13.0 Å². The maximum atomic E-state index is 12.0. The summed E-state index contributed by atoms with van der Waals surface area (Å²) in [6.07, 6.45) is 0. The monoisotopic (exact) mass is 302 g/mol. The SMILES string of the molecule is CC(N)c1nc(C(=O)Nc2ccc(OCC#N)cc2)cs1. The van der Waals surface area contributed by atoms with Crippen molar-refractivity contribution >= 4 is 22.9 Å². The molecule has 0 bridgehead atoms. The second kappa shape index (κ2) is 6.83. The molecule has 1 amide bonds. The van der Waals surface area contributed by atoms with E-state index in [1.54, 1.807) is 29.6 Å². The first kappa shape index (κ1) is 15.0. The molecule has 0 radical (unpaired) electrons. The van der Waals surface area contributed by atoms with Gasteiger partial charge in [0.05, 0.1) is 6.04 Å². The maximum Gasteiger partial charge on any atom is 0.275 e. The molecule has 2 rings (SSSR count). The number of ether oxygens (including phenoxy) is 1. The summed E-state index contributed by atoms with van der Waals surface area (Å²) >= 11 is 1.36. The van der Waals surface area contributed by atoms with Crippen LogP contribution in [0.25, 0.3) is 0 Å². The lowest BCUT2D eigenvalue weighted by Crippen LogP contribution is -2.13. The Hall–Kier alpha value is -2.43. The molecule has 1 heterocycles. The second-order valence-corrected chi connectivity index (χ2v) is 5.17. The Morgan fingerprint density at radius 3 is 2.81 bits per heavy atom. The van der Waals surface area contributed by atoms with E-state index in [-0.39, 0.29) is 18.6 Å². The molecule has 0 saturated carbocycles. The van der Waals surface area contributed by atoms with Crippen LogP contribution in [0.3, 0.4) is 0 Å². The number of anilines is 1. The van der Waals surface area contributed by atoms with Gasteiger partial charge in [-0.05, 0) is 31.2 Å². The predicted octanol–water partition coefficient (Wildman–Crippen LogP) is 2.32. The zero-order chi connectivity index (χ0) is 15.2. The third kappa shape index (κ3) is 4.02. The van der Waals surface area contributed by atoms with E-state index in [1.807, 2.05) is 13.0 Å². The average Bonchev–Trinajstić information content (AvgIpc) is 2.97. The van der Waals surface area contributed by atoms with Gasteiger partial charge in [0.15, 0.2) is 6.61 Å². The molecule has 21 heavy (non-hydrogen) atoms. The molecule has 108 valence electrons. The summed E-state index contributed by atoms with van der Waals surface area (Å²) in [5.41, 5.74) is 6.68. The standard InChI is InChI=1S/C14H14N4O2S/c1-9(16)14-18-12(8-21-14)13(19)17-10-2-4-11(5-3-10)20-7-6-15/h2-5,8-9H,7,16H2,1H3,(H,17,19). The van der Waals surface area contributed by atoms with Crippen LogP contribution in [0.2, 0.25) is 0 Å². The quantitative estimate of drug-likeness (QED) is 0.882. The smallest absolute Gasteiger partial charge is 0.275 e. The first-order valence-corrected chi connectivity index (χ1v) is 7.10. The largest absolute Gasteiger partial charge is 0.479 e. The predicted molar refractivity (Wildman–Crippen MR) is 80.2 cm³/mol. The van der Waals surface area contributed by atoms with Crippen molar-refractivity contribution in [2.75, 3.05) is 11.9 Å². The zero-order valence-corrected chi connectivity index (χ0v) is 12.2. The lowest BCUT2D eigenvalue weighted by atomic mass is 10.3. The number of thiazole rings is 1. The summed E-state index contributed by atoms with van der Waals surface area (Å²) in [6.45, 7) is 1.81. The van der Waals surface area contributed by atoms with Gasteiger partial charge in [-0.1, -0.05) is 0 Å². The van der Waals surface area contributed by atoms with Crippen LogP contribution in [0.5, 0.6) is 5.75 Å². The van der Waals surface area contributed by atoms with Crippen LogP contribution < -0.4 is 15.8 Å². The Morgan fingerprint density at radius 1 is 1.52 bits per heavy atom. The Balaban J connectivity index is 2.00. The van der Waals surface area contributed by atoms with Crippen molar-refractivity contribution in [3.63, 3.8) is 0 Å². The number of aromatic nitrogens is 1. The van der Waals surface area contributed by atoms with E-state index in [0.29, 0.717) is 17.1 Å². The minimum atomic E-state index is -0.288. The molecule has 1 aromatic heterocycles. The average molecular weight is 302 g/mol. The molecule has 6 nitrogen and oxygen atoms in total. The van der Waals surface area contributed by atoms with E-state index in [9.17, 15) is 4.79 Å². The molecule has 7 heteroatoms. The van der Waals surface area contributed by atoms with Crippen molar-refractivity contribution in [1.29, 1.82) is 5.26 Å². The van der Waals surface area contributed by atoms with Crippen molar-refractivity contribution in [3.05, 3.63) is 40.3 Å². The lowest BCUT2D eigenvalue weighted by molar-refractivity contribution is 0.102. The third-order valence-electron chi connectivity index (χ3n) is 2.56. The van der Waals surface area contributed by atoms with Gasteiger partial charge >= 0.3 is 0 Å². The topological polar surface area (TPSA) is 101 Å². The third-order valence-corrected chi connectivity index (χ3v) is 3.61. The number of nitriles is 1. The minimum Gasteiger partial charge on any atom is -0.479 e. The fourth-order valence-electron chi connectivity index (χ4n) is 1.55. The molecule has 0 aliphatic rings. The summed E-state index contributed by atoms with van der Waals surface area (Å²) in [5.74, 6) is 0.284. The van der Waals surface area contributed by atoms with Gasteiger partial charge < -0.3 is 15.8 Å². The van der Waals surface area contributed by atoms with Crippen molar-refractivity contribution in [2.24, 2.45) is 5.73 Å². The number of rotatable bonds is 5. The minimum absolute atomic E-state index is 0.00935. The van der Waals surface area contributed by atoms with Gasteiger partial charge in [-0.15, -0.1) is 11.3 Å². The van der Waals surface area contributed by atoms with Gasteiger partial charge in [-0.25, -0.2) is 4.98 Å².